The van der Waals surface area contributed by atoms with Gasteiger partial charge in [-0.25, -0.2) is 0 Å². The number of hydrogen-bond donors (Lipinski definition) is 0. The van der Waals surface area contributed by atoms with Crippen molar-refractivity contribution in [2.24, 2.45) is 64.6 Å². The van der Waals surface area contributed by atoms with Crippen LogP contribution in [0.1, 0.15) is 101 Å². The maximum Gasteiger partial charge on any atom is 0.125 e. The molecule has 14 atom stereocenters. The normalized spacial score (nSPS) is 41.7. The van der Waals surface area contributed by atoms with Gasteiger partial charge in [-0.15, -0.1) is 0 Å². The standard InChI is InChI=1S/C61H67NO/c1-3-17-40(18-4-1)37-51-47-24-9-10-25-48(47)52-38-43(32-34-49(51)52)62(57-28-14-11-22-45(57)41-19-5-2-6-20-41)44-33-35-50-56(39-44)61(55-36-31-42-21-7-8-23-46(42)60(50)55)53-26-12-15-29-58(53)63-59-30-16-13-27-54(59)61/h1-9,11-12,15-17,19,21-24,26,29-30,37,39-41,43,45,47-50,52-53,56-58H,10,13-14,18,20,25,27-28,31-36,38H2/b51-37+. The van der Waals surface area contributed by atoms with Crippen molar-refractivity contribution in [2.75, 3.05) is 0 Å². The highest BCUT2D eigenvalue weighted by Crippen LogP contribution is 2.71. The van der Waals surface area contributed by atoms with Crippen molar-refractivity contribution in [3.05, 3.63) is 185 Å². The van der Waals surface area contributed by atoms with E-state index >= 15 is 0 Å². The van der Waals surface area contributed by atoms with Gasteiger partial charge in [-0.05, 0) is 172 Å². The SMILES string of the molecule is C1=CCC(/C=C2\C3C=CCCC3C3CC(N(C4=CC5C(CC4)C4=C(CCc6ccccc64)C54C5=C(C=CCC5)OC5C=CC=CC54)C4CCC=CC4C4C=CC=CC4)CCC23)C=C1. The first-order valence-electron chi connectivity index (χ1n) is 25.7. The average Bonchev–Trinajstić information content (AvgIpc) is 3.82. The molecule has 0 bridgehead atoms. The number of nitrogens with zero attached hydrogens (tertiary/aromatic N) is 1. The second kappa shape index (κ2) is 15.9. The maximum absolute atomic E-state index is 7.06. The lowest BCUT2D eigenvalue weighted by Gasteiger charge is -2.55. The molecule has 0 radical (unpaired) electrons. The third-order valence-corrected chi connectivity index (χ3v) is 18.8. The summed E-state index contributed by atoms with van der Waals surface area (Å²) < 4.78 is 7.06. The van der Waals surface area contributed by atoms with E-state index in [9.17, 15) is 0 Å². The van der Waals surface area contributed by atoms with Gasteiger partial charge in [0.25, 0.3) is 0 Å². The highest BCUT2D eigenvalue weighted by molar-refractivity contribution is 5.81. The molecule has 0 saturated heterocycles. The Balaban J connectivity index is 0.950. The topological polar surface area (TPSA) is 12.5 Å². The van der Waals surface area contributed by atoms with Crippen LogP contribution in [0.4, 0.5) is 0 Å². The van der Waals surface area contributed by atoms with E-state index in [0.717, 1.165) is 49.9 Å². The fourth-order valence-corrected chi connectivity index (χ4v) is 16.6. The molecule has 1 spiro atoms. The highest BCUT2D eigenvalue weighted by Gasteiger charge is 2.63. The minimum absolute atomic E-state index is 0.0505. The van der Waals surface area contributed by atoms with Crippen molar-refractivity contribution in [1.29, 1.82) is 0 Å². The van der Waals surface area contributed by atoms with Crippen LogP contribution in [0.15, 0.2) is 174 Å². The molecule has 2 heteroatoms. The number of ether oxygens (including phenoxy) is 1. The molecule has 2 saturated carbocycles. The van der Waals surface area contributed by atoms with Crippen LogP contribution >= 0.6 is 0 Å². The van der Waals surface area contributed by atoms with Gasteiger partial charge in [0.15, 0.2) is 0 Å². The zero-order valence-electron chi connectivity index (χ0n) is 37.3. The van der Waals surface area contributed by atoms with E-state index in [1.54, 1.807) is 33.5 Å². The third-order valence-electron chi connectivity index (χ3n) is 18.8. The minimum Gasteiger partial charge on any atom is -0.486 e. The summed E-state index contributed by atoms with van der Waals surface area (Å²) >= 11 is 0. The van der Waals surface area contributed by atoms with E-state index in [2.05, 4.69) is 151 Å². The van der Waals surface area contributed by atoms with Gasteiger partial charge in [-0.2, -0.15) is 0 Å². The highest BCUT2D eigenvalue weighted by atomic mass is 16.5. The van der Waals surface area contributed by atoms with Crippen molar-refractivity contribution in [2.45, 2.75) is 114 Å². The molecular formula is C61H67NO. The van der Waals surface area contributed by atoms with Crippen LogP contribution in [0.5, 0.6) is 0 Å². The predicted octanol–water partition coefficient (Wildman–Crippen LogP) is 14.3. The molecule has 322 valence electrons. The summed E-state index contributed by atoms with van der Waals surface area (Å²) in [6.45, 7) is 0. The molecule has 11 aliphatic carbocycles. The molecule has 1 aromatic rings. The molecule has 1 aliphatic heterocycles. The summed E-state index contributed by atoms with van der Waals surface area (Å²) in [5, 5.41) is 0. The first-order chi connectivity index (χ1) is 31.3. The van der Waals surface area contributed by atoms with E-state index < -0.39 is 0 Å². The Morgan fingerprint density at radius 3 is 2.44 bits per heavy atom. The van der Waals surface area contributed by atoms with Crippen molar-refractivity contribution < 1.29 is 4.74 Å². The van der Waals surface area contributed by atoms with E-state index in [-0.39, 0.29) is 11.5 Å². The smallest absolute Gasteiger partial charge is 0.125 e. The molecule has 0 N–H and O–H groups in total. The Labute approximate surface area is 377 Å². The van der Waals surface area contributed by atoms with Gasteiger partial charge >= 0.3 is 0 Å². The van der Waals surface area contributed by atoms with Crippen molar-refractivity contribution in [1.82, 2.24) is 4.90 Å². The van der Waals surface area contributed by atoms with Gasteiger partial charge < -0.3 is 9.64 Å². The van der Waals surface area contributed by atoms with Crippen LogP contribution in [-0.2, 0) is 11.2 Å². The van der Waals surface area contributed by atoms with Gasteiger partial charge in [0.05, 0.1) is 0 Å². The molecule has 63 heavy (non-hydrogen) atoms. The molecule has 1 heterocycles. The van der Waals surface area contributed by atoms with Crippen molar-refractivity contribution in [3.8, 4) is 0 Å². The van der Waals surface area contributed by atoms with Gasteiger partial charge in [0, 0.05) is 40.9 Å². The largest absolute Gasteiger partial charge is 0.486 e. The number of hydrogen-bond acceptors (Lipinski definition) is 2. The van der Waals surface area contributed by atoms with Crippen LogP contribution in [0.2, 0.25) is 0 Å². The number of benzene rings is 1. The molecule has 0 amide bonds. The van der Waals surface area contributed by atoms with Gasteiger partial charge in [0.2, 0.25) is 0 Å². The second-order valence-electron chi connectivity index (χ2n) is 21.5. The van der Waals surface area contributed by atoms with Crippen LogP contribution in [-0.4, -0.2) is 23.1 Å². The van der Waals surface area contributed by atoms with Crippen molar-refractivity contribution >= 4 is 5.57 Å². The maximum atomic E-state index is 7.06. The summed E-state index contributed by atoms with van der Waals surface area (Å²) in [4.78, 5) is 3.22. The summed E-state index contributed by atoms with van der Waals surface area (Å²) in [5.74, 6) is 7.10. The zero-order valence-corrected chi connectivity index (χ0v) is 37.3. The summed E-state index contributed by atoms with van der Waals surface area (Å²) in [6, 6.07) is 10.7. The molecule has 14 unspecified atom stereocenters. The molecule has 2 nitrogen and oxygen atoms in total. The predicted molar refractivity (Wildman–Crippen MR) is 259 cm³/mol. The molecular weight excluding hydrogens is 763 g/mol. The summed E-state index contributed by atoms with van der Waals surface area (Å²) in [5.41, 5.74) is 11.8. The first-order valence-corrected chi connectivity index (χ1v) is 25.7. The fraction of sp³-hybridized carbons (Fsp3) is 0.475. The van der Waals surface area contributed by atoms with E-state index in [0.29, 0.717) is 53.5 Å². The Kier molecular flexibility index (Phi) is 9.78. The van der Waals surface area contributed by atoms with Crippen LogP contribution < -0.4 is 0 Å². The van der Waals surface area contributed by atoms with Gasteiger partial charge in [-0.3, -0.25) is 0 Å². The van der Waals surface area contributed by atoms with E-state index in [1.807, 2.05) is 5.57 Å². The third kappa shape index (κ3) is 6.15. The molecule has 13 rings (SSSR count). The number of rotatable bonds is 5. The molecule has 1 aromatic carbocycles. The Morgan fingerprint density at radius 1 is 0.651 bits per heavy atom. The summed E-state index contributed by atoms with van der Waals surface area (Å²) in [7, 11) is 0. The zero-order chi connectivity index (χ0) is 41.5. The number of allylic oxidation sites excluding steroid dienone is 22. The molecule has 0 aromatic heterocycles. The average molecular weight is 830 g/mol. The van der Waals surface area contributed by atoms with Crippen molar-refractivity contribution in [3.63, 3.8) is 0 Å². The number of fused-ring (bicyclic) bond motifs is 12. The Hall–Kier alpha value is -4.56. The van der Waals surface area contributed by atoms with E-state index in [4.69, 9.17) is 4.74 Å². The second-order valence-corrected chi connectivity index (χ2v) is 21.5. The summed E-state index contributed by atoms with van der Waals surface area (Å²) in [6.07, 6.45) is 68.1. The molecule has 12 aliphatic rings. The minimum atomic E-state index is -0.0505. The van der Waals surface area contributed by atoms with Crippen LogP contribution in [0, 0.1) is 64.6 Å². The van der Waals surface area contributed by atoms with Crippen LogP contribution in [0.3, 0.4) is 0 Å². The molecule has 2 fully saturated rings. The Bertz CT molecular complexity index is 2430. The fourth-order valence-electron chi connectivity index (χ4n) is 16.6. The number of aryl methyl sites for hydroxylation is 1. The Morgan fingerprint density at radius 2 is 1.52 bits per heavy atom. The lowest BCUT2D eigenvalue weighted by atomic mass is 9.53. The lowest BCUT2D eigenvalue weighted by molar-refractivity contribution is 0.0180. The van der Waals surface area contributed by atoms with Gasteiger partial charge in [-0.1, -0.05) is 145 Å². The van der Waals surface area contributed by atoms with E-state index in [1.165, 1.54) is 70.0 Å². The first kappa shape index (κ1) is 38.9. The lowest BCUT2D eigenvalue weighted by Crippen LogP contribution is -2.53. The monoisotopic (exact) mass is 830 g/mol. The quantitative estimate of drug-likeness (QED) is 0.274. The van der Waals surface area contributed by atoms with Crippen LogP contribution in [0.25, 0.3) is 5.57 Å². The van der Waals surface area contributed by atoms with Gasteiger partial charge in [0.1, 0.15) is 11.9 Å².